The third-order valence-corrected chi connectivity index (χ3v) is 2.66. The molecular formula is C9H12ClN3O2. The Labute approximate surface area is 91.8 Å². The van der Waals surface area contributed by atoms with Crippen molar-refractivity contribution in [2.75, 3.05) is 13.1 Å². The standard InChI is InChI=1S/C9H12ClN3O2/c10-7-8(14)12-5-13-9(7)15-6-1-3-11-4-2-6/h5-6,11H,1-4H2,(H,12,13,14). The Morgan fingerprint density at radius 3 is 2.93 bits per heavy atom. The second kappa shape index (κ2) is 4.63. The van der Waals surface area contributed by atoms with Crippen LogP contribution in [0, 0.1) is 0 Å². The number of aromatic amines is 1. The van der Waals surface area contributed by atoms with Crippen molar-refractivity contribution in [2.45, 2.75) is 18.9 Å². The molecule has 1 aromatic heterocycles. The van der Waals surface area contributed by atoms with Gasteiger partial charge in [-0.15, -0.1) is 0 Å². The summed E-state index contributed by atoms with van der Waals surface area (Å²) < 4.78 is 5.56. The van der Waals surface area contributed by atoms with Crippen LogP contribution in [0.15, 0.2) is 11.1 Å². The molecule has 1 saturated heterocycles. The van der Waals surface area contributed by atoms with E-state index in [4.69, 9.17) is 16.3 Å². The predicted octanol–water partition coefficient (Wildman–Crippen LogP) is 0.554. The van der Waals surface area contributed by atoms with E-state index in [9.17, 15) is 4.79 Å². The molecule has 0 amide bonds. The molecule has 1 aromatic rings. The second-order valence-corrected chi connectivity index (χ2v) is 3.80. The van der Waals surface area contributed by atoms with E-state index in [-0.39, 0.29) is 22.6 Å². The third-order valence-electron chi connectivity index (χ3n) is 2.33. The van der Waals surface area contributed by atoms with Gasteiger partial charge < -0.3 is 15.0 Å². The number of rotatable bonds is 2. The lowest BCUT2D eigenvalue weighted by atomic mass is 10.1. The minimum atomic E-state index is -0.365. The molecule has 0 atom stereocenters. The summed E-state index contributed by atoms with van der Waals surface area (Å²) in [7, 11) is 0. The van der Waals surface area contributed by atoms with Gasteiger partial charge in [0, 0.05) is 0 Å². The first-order valence-corrected chi connectivity index (χ1v) is 5.25. The van der Waals surface area contributed by atoms with Crippen molar-refractivity contribution in [3.8, 4) is 5.88 Å². The highest BCUT2D eigenvalue weighted by atomic mass is 35.5. The van der Waals surface area contributed by atoms with Gasteiger partial charge in [0.1, 0.15) is 6.10 Å². The maximum atomic E-state index is 11.2. The molecule has 2 rings (SSSR count). The smallest absolute Gasteiger partial charge is 0.273 e. The molecule has 0 bridgehead atoms. The van der Waals surface area contributed by atoms with Crippen LogP contribution in [-0.4, -0.2) is 29.2 Å². The molecule has 1 fully saturated rings. The largest absolute Gasteiger partial charge is 0.473 e. The van der Waals surface area contributed by atoms with Crippen LogP contribution in [0.5, 0.6) is 5.88 Å². The molecule has 0 unspecified atom stereocenters. The molecule has 0 spiro atoms. The number of hydrogen-bond donors (Lipinski definition) is 2. The minimum Gasteiger partial charge on any atom is -0.473 e. The molecule has 82 valence electrons. The molecule has 6 heteroatoms. The van der Waals surface area contributed by atoms with Crippen LogP contribution >= 0.6 is 11.6 Å². The van der Waals surface area contributed by atoms with Crippen LogP contribution in [0.2, 0.25) is 5.02 Å². The number of nitrogens with one attached hydrogen (secondary N) is 2. The average Bonchev–Trinajstić information content (AvgIpc) is 2.26. The molecule has 1 aliphatic rings. The summed E-state index contributed by atoms with van der Waals surface area (Å²) in [5.41, 5.74) is -0.365. The van der Waals surface area contributed by atoms with Gasteiger partial charge in [0.25, 0.3) is 5.56 Å². The van der Waals surface area contributed by atoms with E-state index < -0.39 is 0 Å². The summed E-state index contributed by atoms with van der Waals surface area (Å²) in [6.07, 6.45) is 3.21. The van der Waals surface area contributed by atoms with E-state index >= 15 is 0 Å². The number of nitrogens with zero attached hydrogens (tertiary/aromatic N) is 1. The Balaban J connectivity index is 2.09. The Hall–Kier alpha value is -1.07. The molecule has 1 aliphatic heterocycles. The quantitative estimate of drug-likeness (QED) is 0.778. The van der Waals surface area contributed by atoms with Crippen LogP contribution in [0.4, 0.5) is 0 Å². The molecule has 0 saturated carbocycles. The van der Waals surface area contributed by atoms with Gasteiger partial charge in [0.15, 0.2) is 5.02 Å². The van der Waals surface area contributed by atoms with Gasteiger partial charge in [-0.1, -0.05) is 11.6 Å². The highest BCUT2D eigenvalue weighted by Gasteiger charge is 2.17. The lowest BCUT2D eigenvalue weighted by Crippen LogP contribution is -2.34. The highest BCUT2D eigenvalue weighted by molar-refractivity contribution is 6.31. The van der Waals surface area contributed by atoms with E-state index in [1.54, 1.807) is 0 Å². The van der Waals surface area contributed by atoms with Crippen molar-refractivity contribution < 1.29 is 4.74 Å². The summed E-state index contributed by atoms with van der Waals surface area (Å²) in [5.74, 6) is 0.229. The van der Waals surface area contributed by atoms with Crippen LogP contribution in [-0.2, 0) is 0 Å². The van der Waals surface area contributed by atoms with E-state index in [1.165, 1.54) is 6.33 Å². The fraction of sp³-hybridized carbons (Fsp3) is 0.556. The molecule has 2 heterocycles. The SMILES string of the molecule is O=c1[nH]cnc(OC2CCNCC2)c1Cl. The lowest BCUT2D eigenvalue weighted by molar-refractivity contribution is 0.155. The van der Waals surface area contributed by atoms with Crippen molar-refractivity contribution >= 4 is 11.6 Å². The van der Waals surface area contributed by atoms with Crippen molar-refractivity contribution in [2.24, 2.45) is 0 Å². The summed E-state index contributed by atoms with van der Waals surface area (Å²) in [5, 5.41) is 3.25. The zero-order valence-corrected chi connectivity index (χ0v) is 8.88. The van der Waals surface area contributed by atoms with Crippen LogP contribution in [0.1, 0.15) is 12.8 Å². The first-order valence-electron chi connectivity index (χ1n) is 4.88. The molecule has 0 aliphatic carbocycles. The van der Waals surface area contributed by atoms with E-state index in [1.807, 2.05) is 0 Å². The number of ether oxygens (including phenoxy) is 1. The second-order valence-electron chi connectivity index (χ2n) is 3.42. The van der Waals surface area contributed by atoms with Crippen molar-refractivity contribution in [3.63, 3.8) is 0 Å². The summed E-state index contributed by atoms with van der Waals surface area (Å²) in [4.78, 5) is 17.5. The maximum Gasteiger partial charge on any atom is 0.273 e. The highest BCUT2D eigenvalue weighted by Crippen LogP contribution is 2.19. The van der Waals surface area contributed by atoms with E-state index in [0.29, 0.717) is 0 Å². The van der Waals surface area contributed by atoms with Crippen molar-refractivity contribution in [1.82, 2.24) is 15.3 Å². The molecule has 0 radical (unpaired) electrons. The van der Waals surface area contributed by atoms with Gasteiger partial charge in [0.05, 0.1) is 6.33 Å². The first kappa shape index (κ1) is 10.4. The zero-order valence-electron chi connectivity index (χ0n) is 8.12. The fourth-order valence-corrected chi connectivity index (χ4v) is 1.67. The van der Waals surface area contributed by atoms with Crippen LogP contribution < -0.4 is 15.6 Å². The van der Waals surface area contributed by atoms with Crippen LogP contribution in [0.3, 0.4) is 0 Å². The summed E-state index contributed by atoms with van der Waals surface area (Å²) >= 11 is 5.77. The average molecular weight is 230 g/mol. The Morgan fingerprint density at radius 1 is 1.47 bits per heavy atom. The Kier molecular flexibility index (Phi) is 3.23. The van der Waals surface area contributed by atoms with Gasteiger partial charge >= 0.3 is 0 Å². The lowest BCUT2D eigenvalue weighted by Gasteiger charge is -2.23. The number of halogens is 1. The van der Waals surface area contributed by atoms with Crippen molar-refractivity contribution in [1.29, 1.82) is 0 Å². The van der Waals surface area contributed by atoms with Crippen molar-refractivity contribution in [3.05, 3.63) is 21.7 Å². The summed E-state index contributed by atoms with van der Waals surface area (Å²) in [6, 6.07) is 0. The van der Waals surface area contributed by atoms with Crippen LogP contribution in [0.25, 0.3) is 0 Å². The van der Waals surface area contributed by atoms with Gasteiger partial charge in [-0.25, -0.2) is 4.98 Å². The topological polar surface area (TPSA) is 67.0 Å². The molecular weight excluding hydrogens is 218 g/mol. The van der Waals surface area contributed by atoms with Gasteiger partial charge in [-0.2, -0.15) is 0 Å². The third kappa shape index (κ3) is 2.49. The predicted molar refractivity (Wildman–Crippen MR) is 56.4 cm³/mol. The number of H-pyrrole nitrogens is 1. The Bertz CT molecular complexity index is 387. The fourth-order valence-electron chi connectivity index (χ4n) is 1.52. The van der Waals surface area contributed by atoms with Gasteiger partial charge in [-0.05, 0) is 25.9 Å². The first-order chi connectivity index (χ1) is 7.27. The molecule has 5 nitrogen and oxygen atoms in total. The molecule has 0 aromatic carbocycles. The monoisotopic (exact) mass is 229 g/mol. The normalized spacial score (nSPS) is 17.7. The number of hydrogen-bond acceptors (Lipinski definition) is 4. The van der Waals surface area contributed by atoms with Gasteiger partial charge in [0.2, 0.25) is 5.88 Å². The van der Waals surface area contributed by atoms with Gasteiger partial charge in [-0.3, -0.25) is 4.79 Å². The van der Waals surface area contributed by atoms with E-state index in [2.05, 4.69) is 15.3 Å². The maximum absolute atomic E-state index is 11.2. The summed E-state index contributed by atoms with van der Waals surface area (Å²) in [6.45, 7) is 1.84. The zero-order chi connectivity index (χ0) is 10.7. The number of piperidine rings is 1. The molecule has 15 heavy (non-hydrogen) atoms. The number of aromatic nitrogens is 2. The molecule has 2 N–H and O–H groups in total. The van der Waals surface area contributed by atoms with E-state index in [0.717, 1.165) is 25.9 Å². The Morgan fingerprint density at radius 2 is 2.20 bits per heavy atom. The minimum absolute atomic E-state index is 0.0241.